The number of anilines is 2. The third-order valence-electron chi connectivity index (χ3n) is 7.04. The van der Waals surface area contributed by atoms with Gasteiger partial charge in [-0.1, -0.05) is 36.4 Å². The van der Waals surface area contributed by atoms with Crippen LogP contribution in [0.4, 0.5) is 16.4 Å². The van der Waals surface area contributed by atoms with Gasteiger partial charge in [0, 0.05) is 69.3 Å². The van der Waals surface area contributed by atoms with Crippen LogP contribution in [0.15, 0.2) is 67.0 Å². The van der Waals surface area contributed by atoms with E-state index in [-0.39, 0.29) is 24.8 Å². The number of ether oxygens (including phenoxy) is 2. The summed E-state index contributed by atoms with van der Waals surface area (Å²) in [6.07, 6.45) is 3.47. The van der Waals surface area contributed by atoms with E-state index < -0.39 is 6.29 Å². The summed E-state index contributed by atoms with van der Waals surface area (Å²) in [5.41, 5.74) is 3.43. The fraction of sp³-hybridized carbons (Fsp3) is 0.414. The van der Waals surface area contributed by atoms with Gasteiger partial charge >= 0.3 is 6.03 Å². The molecule has 3 aromatic rings. The Morgan fingerprint density at radius 1 is 1.00 bits per heavy atom. The van der Waals surface area contributed by atoms with Crippen molar-refractivity contribution in [3.05, 3.63) is 83.7 Å². The van der Waals surface area contributed by atoms with Crippen molar-refractivity contribution >= 4 is 17.7 Å². The van der Waals surface area contributed by atoms with Crippen molar-refractivity contribution in [1.82, 2.24) is 20.2 Å². The van der Waals surface area contributed by atoms with Crippen LogP contribution in [0.2, 0.25) is 0 Å². The highest BCUT2D eigenvalue weighted by Gasteiger charge is 2.34. The molecule has 39 heavy (non-hydrogen) atoms. The van der Waals surface area contributed by atoms with Crippen molar-refractivity contribution in [2.75, 3.05) is 49.5 Å². The lowest BCUT2D eigenvalue weighted by atomic mass is 9.99. The van der Waals surface area contributed by atoms with Crippen LogP contribution < -0.4 is 15.5 Å². The standard InChI is InChI=1S/C29H36N6O4/c1-2-30-29(37)33-24-6-3-5-23(17-24)27-38-25(18-26(39-27)22-9-7-21(20-36)8-10-22)19-34-13-15-35(16-14-34)28-31-11-4-12-32-28/h3-12,17,25-27,36H,2,13-16,18-20H2,1H3,(H2,30,33,37)/t25-,26+,27+/m1/s1. The van der Waals surface area contributed by atoms with E-state index in [9.17, 15) is 9.90 Å². The summed E-state index contributed by atoms with van der Waals surface area (Å²) in [6, 6.07) is 17.1. The van der Waals surface area contributed by atoms with Gasteiger partial charge in [0.15, 0.2) is 6.29 Å². The molecule has 2 saturated heterocycles. The SMILES string of the molecule is CCNC(=O)Nc1cccc([C@H]2O[C@@H](CN3CCN(c4ncccn4)CC3)C[C@@H](c3ccc(CO)cc3)O2)c1. The van der Waals surface area contributed by atoms with Gasteiger partial charge in [0.05, 0.1) is 18.8 Å². The molecule has 2 aromatic carbocycles. The quantitative estimate of drug-likeness (QED) is 0.404. The Morgan fingerprint density at radius 2 is 1.77 bits per heavy atom. The number of benzene rings is 2. The van der Waals surface area contributed by atoms with Crippen molar-refractivity contribution in [3.63, 3.8) is 0 Å². The van der Waals surface area contributed by atoms with Gasteiger partial charge in [-0.3, -0.25) is 4.90 Å². The number of aromatic nitrogens is 2. The molecule has 206 valence electrons. The lowest BCUT2D eigenvalue weighted by Gasteiger charge is -2.40. The van der Waals surface area contributed by atoms with Gasteiger partial charge in [0.2, 0.25) is 5.95 Å². The summed E-state index contributed by atoms with van der Waals surface area (Å²) in [4.78, 5) is 25.5. The van der Waals surface area contributed by atoms with Gasteiger partial charge in [-0.05, 0) is 36.2 Å². The zero-order chi connectivity index (χ0) is 27.0. The van der Waals surface area contributed by atoms with Crippen molar-refractivity contribution in [2.24, 2.45) is 0 Å². The third-order valence-corrected chi connectivity index (χ3v) is 7.04. The number of hydrogen-bond acceptors (Lipinski definition) is 8. The first-order valence-electron chi connectivity index (χ1n) is 13.5. The zero-order valence-electron chi connectivity index (χ0n) is 22.2. The van der Waals surface area contributed by atoms with Crippen molar-refractivity contribution in [1.29, 1.82) is 0 Å². The summed E-state index contributed by atoms with van der Waals surface area (Å²) in [7, 11) is 0. The van der Waals surface area contributed by atoms with Crippen LogP contribution in [-0.4, -0.2) is 71.4 Å². The molecule has 3 atom stereocenters. The molecule has 2 amide bonds. The second kappa shape index (κ2) is 13.0. The number of carbonyl (C=O) groups is 1. The van der Waals surface area contributed by atoms with Crippen LogP contribution >= 0.6 is 0 Å². The highest BCUT2D eigenvalue weighted by atomic mass is 16.7. The van der Waals surface area contributed by atoms with E-state index in [1.165, 1.54) is 0 Å². The zero-order valence-corrected chi connectivity index (χ0v) is 22.2. The summed E-state index contributed by atoms with van der Waals surface area (Å²) in [5, 5.41) is 15.1. The Balaban J connectivity index is 1.29. The summed E-state index contributed by atoms with van der Waals surface area (Å²) >= 11 is 0. The van der Waals surface area contributed by atoms with E-state index in [1.807, 2.05) is 61.5 Å². The Kier molecular flexibility index (Phi) is 9.00. The van der Waals surface area contributed by atoms with Gasteiger partial charge in [0.25, 0.3) is 0 Å². The predicted molar refractivity (Wildman–Crippen MR) is 148 cm³/mol. The molecule has 2 fully saturated rings. The van der Waals surface area contributed by atoms with Gasteiger partial charge in [-0.15, -0.1) is 0 Å². The van der Waals surface area contributed by atoms with Gasteiger partial charge < -0.3 is 30.1 Å². The summed E-state index contributed by atoms with van der Waals surface area (Å²) in [5.74, 6) is 0.770. The lowest BCUT2D eigenvalue weighted by molar-refractivity contribution is -0.253. The Morgan fingerprint density at radius 3 is 2.49 bits per heavy atom. The monoisotopic (exact) mass is 532 g/mol. The van der Waals surface area contributed by atoms with E-state index >= 15 is 0 Å². The predicted octanol–water partition coefficient (Wildman–Crippen LogP) is 3.48. The van der Waals surface area contributed by atoms with Crippen molar-refractivity contribution in [2.45, 2.75) is 38.4 Å². The number of rotatable bonds is 8. The molecule has 3 heterocycles. The van der Waals surface area contributed by atoms with Crippen molar-refractivity contribution < 1.29 is 19.4 Å². The maximum absolute atomic E-state index is 12.1. The number of urea groups is 1. The van der Waals surface area contributed by atoms with Gasteiger partial charge in [-0.25, -0.2) is 14.8 Å². The Labute approximate surface area is 229 Å². The molecule has 2 aliphatic heterocycles. The van der Waals surface area contributed by atoms with Gasteiger partial charge in [0.1, 0.15) is 0 Å². The Hall–Kier alpha value is -3.57. The van der Waals surface area contributed by atoms with Crippen LogP contribution in [0.5, 0.6) is 0 Å². The maximum atomic E-state index is 12.1. The number of nitrogens with one attached hydrogen (secondary N) is 2. The molecule has 10 heteroatoms. The van der Waals surface area contributed by atoms with Crippen LogP contribution in [0.1, 0.15) is 42.4 Å². The molecule has 5 rings (SSSR count). The number of nitrogens with zero attached hydrogens (tertiary/aromatic N) is 4. The summed E-state index contributed by atoms with van der Waals surface area (Å²) in [6.45, 7) is 6.72. The topological polar surface area (TPSA) is 112 Å². The first-order valence-corrected chi connectivity index (χ1v) is 13.5. The minimum absolute atomic E-state index is 0.00552. The molecule has 0 bridgehead atoms. The van der Waals surface area contributed by atoms with Crippen LogP contribution in [0.3, 0.4) is 0 Å². The highest BCUT2D eigenvalue weighted by molar-refractivity contribution is 5.89. The molecule has 3 N–H and O–H groups in total. The summed E-state index contributed by atoms with van der Waals surface area (Å²) < 4.78 is 13.0. The Bertz CT molecular complexity index is 1200. The minimum atomic E-state index is -0.582. The fourth-order valence-corrected chi connectivity index (χ4v) is 5.00. The normalized spacial score (nSPS) is 21.9. The smallest absolute Gasteiger partial charge is 0.319 e. The van der Waals surface area contributed by atoms with E-state index in [4.69, 9.17) is 9.47 Å². The lowest BCUT2D eigenvalue weighted by Crippen LogP contribution is -2.50. The number of aliphatic hydroxyl groups excluding tert-OH is 1. The third kappa shape index (κ3) is 7.10. The number of amides is 2. The number of piperazine rings is 1. The molecular formula is C29H36N6O4. The highest BCUT2D eigenvalue weighted by Crippen LogP contribution is 2.38. The molecule has 0 spiro atoms. The fourth-order valence-electron chi connectivity index (χ4n) is 5.00. The maximum Gasteiger partial charge on any atom is 0.319 e. The van der Waals surface area contributed by atoms with E-state index in [0.29, 0.717) is 18.7 Å². The molecule has 0 saturated carbocycles. The van der Waals surface area contributed by atoms with Gasteiger partial charge in [-0.2, -0.15) is 0 Å². The van der Waals surface area contributed by atoms with Crippen LogP contribution in [-0.2, 0) is 16.1 Å². The molecule has 0 unspecified atom stereocenters. The largest absolute Gasteiger partial charge is 0.392 e. The number of hydrogen-bond donors (Lipinski definition) is 3. The van der Waals surface area contributed by atoms with Crippen LogP contribution in [0, 0.1) is 0 Å². The number of aliphatic hydroxyl groups is 1. The molecule has 10 nitrogen and oxygen atoms in total. The molecule has 0 aliphatic carbocycles. The molecule has 1 aromatic heterocycles. The second-order valence-electron chi connectivity index (χ2n) is 9.80. The van der Waals surface area contributed by atoms with E-state index in [0.717, 1.165) is 55.4 Å². The molecule has 0 radical (unpaired) electrons. The second-order valence-corrected chi connectivity index (χ2v) is 9.80. The van der Waals surface area contributed by atoms with Crippen molar-refractivity contribution in [3.8, 4) is 0 Å². The minimum Gasteiger partial charge on any atom is -0.392 e. The molecular weight excluding hydrogens is 496 g/mol. The first-order chi connectivity index (χ1) is 19.1. The van der Waals surface area contributed by atoms with E-state index in [2.05, 4.69) is 30.4 Å². The van der Waals surface area contributed by atoms with Crippen LogP contribution in [0.25, 0.3) is 0 Å². The average molecular weight is 533 g/mol. The number of carbonyl (C=O) groups excluding carboxylic acids is 1. The molecule has 2 aliphatic rings. The first kappa shape index (κ1) is 27.0. The van der Waals surface area contributed by atoms with E-state index in [1.54, 1.807) is 12.4 Å². The average Bonchev–Trinajstić information content (AvgIpc) is 2.98.